The lowest BCUT2D eigenvalue weighted by Gasteiger charge is -2.32. The number of aryl methyl sites for hydroxylation is 1. The van der Waals surface area contributed by atoms with Gasteiger partial charge in [0, 0.05) is 11.7 Å². The molecule has 102 valence electrons. The molecule has 0 amide bonds. The summed E-state index contributed by atoms with van der Waals surface area (Å²) in [6.07, 6.45) is 3.97. The Morgan fingerprint density at radius 2 is 1.89 bits per heavy atom. The van der Waals surface area contributed by atoms with E-state index < -0.39 is 0 Å². The zero-order valence-electron chi connectivity index (χ0n) is 11.9. The summed E-state index contributed by atoms with van der Waals surface area (Å²) < 4.78 is 1.29. The van der Waals surface area contributed by atoms with Crippen LogP contribution in [0, 0.1) is 18.8 Å². The van der Waals surface area contributed by atoms with Gasteiger partial charge in [-0.25, -0.2) is 4.98 Å². The third-order valence-corrected chi connectivity index (χ3v) is 4.98. The summed E-state index contributed by atoms with van der Waals surface area (Å²) in [5.74, 6) is 1.69. The van der Waals surface area contributed by atoms with Gasteiger partial charge in [0.15, 0.2) is 0 Å². The first kappa shape index (κ1) is 12.9. The SMILES string of the molecule is Cc1nc2ccc(NC3CC(C)CC(C)C3)cc2s1. The molecule has 1 aromatic heterocycles. The second-order valence-corrected chi connectivity index (χ2v) is 7.41. The second-order valence-electron chi connectivity index (χ2n) is 6.17. The van der Waals surface area contributed by atoms with Crippen molar-refractivity contribution in [2.45, 2.75) is 46.1 Å². The molecule has 3 rings (SSSR count). The number of nitrogens with zero attached hydrogens (tertiary/aromatic N) is 1. The van der Waals surface area contributed by atoms with E-state index in [1.54, 1.807) is 11.3 Å². The van der Waals surface area contributed by atoms with Crippen molar-refractivity contribution in [2.75, 3.05) is 5.32 Å². The fraction of sp³-hybridized carbons (Fsp3) is 0.562. The molecule has 19 heavy (non-hydrogen) atoms. The molecule has 3 heteroatoms. The standard InChI is InChI=1S/C16H22N2S/c1-10-6-11(2)8-14(7-10)18-13-4-5-15-16(9-13)19-12(3)17-15/h4-5,9-11,14,18H,6-8H2,1-3H3. The number of rotatable bonds is 2. The van der Waals surface area contributed by atoms with Crippen LogP contribution in [0.1, 0.15) is 38.1 Å². The first-order valence-electron chi connectivity index (χ1n) is 7.24. The van der Waals surface area contributed by atoms with Gasteiger partial charge in [-0.05, 0) is 56.2 Å². The van der Waals surface area contributed by atoms with Gasteiger partial charge in [-0.3, -0.25) is 0 Å². The molecule has 1 saturated carbocycles. The molecule has 1 aliphatic carbocycles. The molecule has 0 radical (unpaired) electrons. The highest BCUT2D eigenvalue weighted by atomic mass is 32.1. The van der Waals surface area contributed by atoms with Gasteiger partial charge >= 0.3 is 0 Å². The van der Waals surface area contributed by atoms with Crippen molar-refractivity contribution in [1.29, 1.82) is 0 Å². The Hall–Kier alpha value is -1.09. The van der Waals surface area contributed by atoms with Crippen LogP contribution >= 0.6 is 11.3 Å². The van der Waals surface area contributed by atoms with E-state index in [-0.39, 0.29) is 0 Å². The van der Waals surface area contributed by atoms with E-state index in [4.69, 9.17) is 0 Å². The van der Waals surface area contributed by atoms with Crippen molar-refractivity contribution in [2.24, 2.45) is 11.8 Å². The van der Waals surface area contributed by atoms with Crippen LogP contribution in [0.2, 0.25) is 0 Å². The zero-order valence-corrected chi connectivity index (χ0v) is 12.8. The van der Waals surface area contributed by atoms with Crippen LogP contribution in [0.4, 0.5) is 5.69 Å². The molecule has 1 fully saturated rings. The molecule has 0 spiro atoms. The van der Waals surface area contributed by atoms with E-state index in [0.717, 1.165) is 22.4 Å². The van der Waals surface area contributed by atoms with Gasteiger partial charge in [0.2, 0.25) is 0 Å². The molecular weight excluding hydrogens is 252 g/mol. The molecule has 2 nitrogen and oxygen atoms in total. The van der Waals surface area contributed by atoms with E-state index in [2.05, 4.69) is 49.3 Å². The maximum absolute atomic E-state index is 4.52. The fourth-order valence-electron chi connectivity index (χ4n) is 3.43. The summed E-state index contributed by atoms with van der Waals surface area (Å²) in [5.41, 5.74) is 2.38. The maximum atomic E-state index is 4.52. The minimum Gasteiger partial charge on any atom is -0.382 e. The topological polar surface area (TPSA) is 24.9 Å². The Morgan fingerprint density at radius 1 is 1.16 bits per heavy atom. The van der Waals surface area contributed by atoms with Crippen molar-refractivity contribution >= 4 is 27.2 Å². The Labute approximate surface area is 119 Å². The summed E-state index contributed by atoms with van der Waals surface area (Å²) >= 11 is 1.78. The number of fused-ring (bicyclic) bond motifs is 1. The molecular formula is C16H22N2S. The van der Waals surface area contributed by atoms with Crippen LogP contribution in [-0.2, 0) is 0 Å². The molecule has 1 aromatic carbocycles. The largest absolute Gasteiger partial charge is 0.382 e. The zero-order chi connectivity index (χ0) is 13.4. The van der Waals surface area contributed by atoms with Gasteiger partial charge in [0.05, 0.1) is 15.2 Å². The Kier molecular flexibility index (Phi) is 3.48. The van der Waals surface area contributed by atoms with Crippen molar-refractivity contribution in [3.05, 3.63) is 23.2 Å². The maximum Gasteiger partial charge on any atom is 0.0907 e. The number of nitrogens with one attached hydrogen (secondary N) is 1. The number of benzene rings is 1. The molecule has 2 unspecified atom stereocenters. The third-order valence-electron chi connectivity index (χ3n) is 4.04. The molecule has 1 heterocycles. The highest BCUT2D eigenvalue weighted by Crippen LogP contribution is 2.31. The summed E-state index contributed by atoms with van der Waals surface area (Å²) in [7, 11) is 0. The normalized spacial score (nSPS) is 27.6. The summed E-state index contributed by atoms with van der Waals surface area (Å²) in [4.78, 5) is 4.52. The van der Waals surface area contributed by atoms with Gasteiger partial charge in [-0.1, -0.05) is 13.8 Å². The van der Waals surface area contributed by atoms with Gasteiger partial charge in [0.25, 0.3) is 0 Å². The van der Waals surface area contributed by atoms with Crippen molar-refractivity contribution in [3.8, 4) is 0 Å². The number of anilines is 1. The smallest absolute Gasteiger partial charge is 0.0907 e. The number of hydrogen-bond acceptors (Lipinski definition) is 3. The van der Waals surface area contributed by atoms with Gasteiger partial charge in [0.1, 0.15) is 0 Å². The Balaban J connectivity index is 1.77. The lowest BCUT2D eigenvalue weighted by atomic mass is 9.80. The predicted molar refractivity (Wildman–Crippen MR) is 83.9 cm³/mol. The molecule has 0 bridgehead atoms. The van der Waals surface area contributed by atoms with E-state index in [0.29, 0.717) is 6.04 Å². The molecule has 2 atom stereocenters. The Morgan fingerprint density at radius 3 is 2.63 bits per heavy atom. The predicted octanol–water partition coefficient (Wildman–Crippen LogP) is 4.84. The van der Waals surface area contributed by atoms with Crippen LogP contribution < -0.4 is 5.32 Å². The van der Waals surface area contributed by atoms with Crippen LogP contribution in [0.25, 0.3) is 10.2 Å². The number of hydrogen-bond donors (Lipinski definition) is 1. The quantitative estimate of drug-likeness (QED) is 0.847. The van der Waals surface area contributed by atoms with Crippen LogP contribution in [0.15, 0.2) is 18.2 Å². The van der Waals surface area contributed by atoms with Crippen LogP contribution in [0.5, 0.6) is 0 Å². The molecule has 1 aliphatic rings. The van der Waals surface area contributed by atoms with Crippen molar-refractivity contribution in [1.82, 2.24) is 4.98 Å². The van der Waals surface area contributed by atoms with Gasteiger partial charge < -0.3 is 5.32 Å². The van der Waals surface area contributed by atoms with Gasteiger partial charge in [-0.2, -0.15) is 0 Å². The number of thiazole rings is 1. The van der Waals surface area contributed by atoms with Crippen LogP contribution in [0.3, 0.4) is 0 Å². The molecule has 2 aromatic rings. The average Bonchev–Trinajstić information content (AvgIpc) is 2.67. The monoisotopic (exact) mass is 274 g/mol. The number of aromatic nitrogens is 1. The first-order chi connectivity index (χ1) is 9.10. The minimum absolute atomic E-state index is 0.630. The lowest BCUT2D eigenvalue weighted by molar-refractivity contribution is 0.281. The fourth-order valence-corrected chi connectivity index (χ4v) is 4.30. The Bertz CT molecular complexity index is 565. The van der Waals surface area contributed by atoms with Gasteiger partial charge in [-0.15, -0.1) is 11.3 Å². The van der Waals surface area contributed by atoms with Crippen molar-refractivity contribution in [3.63, 3.8) is 0 Å². The van der Waals surface area contributed by atoms with E-state index in [1.807, 2.05) is 0 Å². The second kappa shape index (κ2) is 5.12. The first-order valence-corrected chi connectivity index (χ1v) is 8.05. The van der Waals surface area contributed by atoms with E-state index >= 15 is 0 Å². The molecule has 0 saturated heterocycles. The van der Waals surface area contributed by atoms with Crippen molar-refractivity contribution < 1.29 is 0 Å². The summed E-state index contributed by atoms with van der Waals surface area (Å²) in [6, 6.07) is 7.19. The molecule has 1 N–H and O–H groups in total. The average molecular weight is 274 g/mol. The lowest BCUT2D eigenvalue weighted by Crippen LogP contribution is -2.30. The molecule has 0 aliphatic heterocycles. The van der Waals surface area contributed by atoms with E-state index in [1.165, 1.54) is 29.6 Å². The summed E-state index contributed by atoms with van der Waals surface area (Å²) in [6.45, 7) is 6.82. The minimum atomic E-state index is 0.630. The summed E-state index contributed by atoms with van der Waals surface area (Å²) in [5, 5.41) is 4.87. The van der Waals surface area contributed by atoms with E-state index in [9.17, 15) is 0 Å². The highest BCUT2D eigenvalue weighted by molar-refractivity contribution is 7.18. The highest BCUT2D eigenvalue weighted by Gasteiger charge is 2.23. The third kappa shape index (κ3) is 2.92. The van der Waals surface area contributed by atoms with Crippen LogP contribution in [-0.4, -0.2) is 11.0 Å².